The van der Waals surface area contributed by atoms with Gasteiger partial charge in [-0.05, 0) is 32.9 Å². The van der Waals surface area contributed by atoms with Crippen LogP contribution < -0.4 is 0 Å². The molecule has 0 fully saturated rings. The third kappa shape index (κ3) is 7.81. The Labute approximate surface area is 126 Å². The first kappa shape index (κ1) is 17.6. The van der Waals surface area contributed by atoms with Crippen LogP contribution >= 0.6 is 0 Å². The smallest absolute Gasteiger partial charge is 0.129 e. The number of aliphatic hydroxyl groups is 1. The summed E-state index contributed by atoms with van der Waals surface area (Å²) in [6.07, 6.45) is 0.389. The highest BCUT2D eigenvalue weighted by molar-refractivity contribution is 5.36. The number of hydrogen-bond donors (Lipinski definition) is 1. The molecule has 1 aromatic carbocycles. The monoisotopic (exact) mass is 294 g/mol. The largest absolute Gasteiger partial charge is 0.395 e. The molecule has 1 rings (SSSR count). The first-order chi connectivity index (χ1) is 9.92. The number of rotatable bonds is 6. The van der Waals surface area contributed by atoms with Gasteiger partial charge in [0.2, 0.25) is 0 Å². The molecular weight excluding hydrogens is 271 g/mol. The number of hydrogen-bond acceptors (Lipinski definition) is 3. The minimum atomic E-state index is -0.331. The normalized spacial score (nSPS) is 11.1. The summed E-state index contributed by atoms with van der Waals surface area (Å²) in [7, 11) is 0. The second kappa shape index (κ2) is 8.78. The summed E-state index contributed by atoms with van der Waals surface area (Å²) in [6, 6.07) is 4.80. The van der Waals surface area contributed by atoms with Crippen molar-refractivity contribution >= 4 is 0 Å². The van der Waals surface area contributed by atoms with Gasteiger partial charge in [0, 0.05) is 17.5 Å². The zero-order valence-corrected chi connectivity index (χ0v) is 12.9. The first-order valence-electron chi connectivity index (χ1n) is 7.02. The standard InChI is InChI=1S/C17H23FO3/c1-17(2,3)21-11-10-20-13-15-8-7-14(12-16(15)18)6-4-5-9-19/h7-8,12,19H,5,9-11,13H2,1-3H3. The molecule has 0 aliphatic rings. The molecule has 0 aliphatic carbocycles. The van der Waals surface area contributed by atoms with Crippen molar-refractivity contribution in [2.75, 3.05) is 19.8 Å². The Morgan fingerprint density at radius 3 is 2.62 bits per heavy atom. The summed E-state index contributed by atoms with van der Waals surface area (Å²) in [4.78, 5) is 0. The van der Waals surface area contributed by atoms with E-state index in [0.29, 0.717) is 30.8 Å². The van der Waals surface area contributed by atoms with Gasteiger partial charge in [0.25, 0.3) is 0 Å². The maximum atomic E-state index is 13.8. The third-order valence-electron chi connectivity index (χ3n) is 2.54. The van der Waals surface area contributed by atoms with Gasteiger partial charge in [-0.15, -0.1) is 0 Å². The van der Waals surface area contributed by atoms with Crippen molar-refractivity contribution in [2.45, 2.75) is 39.4 Å². The molecule has 0 aliphatic heterocycles. The number of halogens is 1. The van der Waals surface area contributed by atoms with Crippen LogP contribution in [0.25, 0.3) is 0 Å². The Bertz CT molecular complexity index is 495. The van der Waals surface area contributed by atoms with Gasteiger partial charge in [-0.2, -0.15) is 0 Å². The van der Waals surface area contributed by atoms with Crippen molar-refractivity contribution in [2.24, 2.45) is 0 Å². The van der Waals surface area contributed by atoms with Crippen LogP contribution in [-0.4, -0.2) is 30.5 Å². The molecule has 3 nitrogen and oxygen atoms in total. The van der Waals surface area contributed by atoms with Gasteiger partial charge in [-0.1, -0.05) is 17.9 Å². The summed E-state index contributed by atoms with van der Waals surface area (Å²) in [5.41, 5.74) is 0.906. The molecule has 116 valence electrons. The minimum absolute atomic E-state index is 0.0119. The molecule has 0 spiro atoms. The average molecular weight is 294 g/mol. The lowest BCUT2D eigenvalue weighted by molar-refractivity contribution is -0.0379. The number of ether oxygens (including phenoxy) is 2. The average Bonchev–Trinajstić information content (AvgIpc) is 2.39. The third-order valence-corrected chi connectivity index (χ3v) is 2.54. The SMILES string of the molecule is CC(C)(C)OCCOCc1ccc(C#CCCO)cc1F. The van der Waals surface area contributed by atoms with Crippen LogP contribution in [-0.2, 0) is 16.1 Å². The van der Waals surface area contributed by atoms with Gasteiger partial charge in [-0.25, -0.2) is 4.39 Å². The topological polar surface area (TPSA) is 38.7 Å². The van der Waals surface area contributed by atoms with Crippen LogP contribution in [0.5, 0.6) is 0 Å². The molecule has 0 unspecified atom stereocenters. The molecule has 0 radical (unpaired) electrons. The van der Waals surface area contributed by atoms with E-state index >= 15 is 0 Å². The molecule has 0 bridgehead atoms. The highest BCUT2D eigenvalue weighted by Crippen LogP contribution is 2.11. The zero-order valence-electron chi connectivity index (χ0n) is 12.9. The molecule has 4 heteroatoms. The van der Waals surface area contributed by atoms with Crippen molar-refractivity contribution in [1.29, 1.82) is 0 Å². The fourth-order valence-electron chi connectivity index (χ4n) is 1.55. The predicted molar refractivity (Wildman–Crippen MR) is 80.3 cm³/mol. The van der Waals surface area contributed by atoms with Crippen molar-refractivity contribution in [3.63, 3.8) is 0 Å². The Morgan fingerprint density at radius 2 is 2.00 bits per heavy atom. The van der Waals surface area contributed by atoms with Gasteiger partial charge in [0.15, 0.2) is 0 Å². The lowest BCUT2D eigenvalue weighted by Crippen LogP contribution is -2.21. The molecule has 0 saturated carbocycles. The Morgan fingerprint density at radius 1 is 1.24 bits per heavy atom. The van der Waals surface area contributed by atoms with E-state index in [9.17, 15) is 4.39 Å². The van der Waals surface area contributed by atoms with E-state index in [2.05, 4.69) is 11.8 Å². The van der Waals surface area contributed by atoms with Crippen LogP contribution in [0.4, 0.5) is 4.39 Å². The maximum absolute atomic E-state index is 13.8. The van der Waals surface area contributed by atoms with Crippen LogP contribution in [0.2, 0.25) is 0 Å². The predicted octanol–water partition coefficient (Wildman–Crippen LogP) is 2.89. The number of benzene rings is 1. The van der Waals surface area contributed by atoms with Gasteiger partial charge >= 0.3 is 0 Å². The molecule has 0 atom stereocenters. The van der Waals surface area contributed by atoms with Crippen molar-refractivity contribution in [3.05, 3.63) is 35.1 Å². The highest BCUT2D eigenvalue weighted by Gasteiger charge is 2.09. The maximum Gasteiger partial charge on any atom is 0.129 e. The zero-order chi connectivity index (χ0) is 15.7. The summed E-state index contributed by atoms with van der Waals surface area (Å²) >= 11 is 0. The van der Waals surface area contributed by atoms with Gasteiger partial charge < -0.3 is 14.6 Å². The second-order valence-corrected chi connectivity index (χ2v) is 5.59. The van der Waals surface area contributed by atoms with Crippen LogP contribution in [0.1, 0.15) is 38.3 Å². The molecule has 21 heavy (non-hydrogen) atoms. The molecule has 0 amide bonds. The van der Waals surface area contributed by atoms with E-state index in [0.717, 1.165) is 0 Å². The molecule has 0 heterocycles. The molecule has 0 aromatic heterocycles. The Kier molecular flexibility index (Phi) is 7.38. The van der Waals surface area contributed by atoms with Crippen LogP contribution in [0.3, 0.4) is 0 Å². The van der Waals surface area contributed by atoms with Crippen LogP contribution in [0, 0.1) is 17.7 Å². The highest BCUT2D eigenvalue weighted by atomic mass is 19.1. The quantitative estimate of drug-likeness (QED) is 0.647. The summed E-state index contributed by atoms with van der Waals surface area (Å²) in [5.74, 6) is 5.22. The van der Waals surface area contributed by atoms with E-state index < -0.39 is 0 Å². The van der Waals surface area contributed by atoms with E-state index in [1.807, 2.05) is 20.8 Å². The summed E-state index contributed by atoms with van der Waals surface area (Å²) < 4.78 is 24.7. The van der Waals surface area contributed by atoms with Gasteiger partial charge in [0.1, 0.15) is 5.82 Å². The second-order valence-electron chi connectivity index (χ2n) is 5.59. The fourth-order valence-corrected chi connectivity index (χ4v) is 1.55. The number of aliphatic hydroxyl groups excluding tert-OH is 1. The minimum Gasteiger partial charge on any atom is -0.395 e. The van der Waals surface area contributed by atoms with Crippen molar-refractivity contribution in [1.82, 2.24) is 0 Å². The van der Waals surface area contributed by atoms with Gasteiger partial charge in [-0.3, -0.25) is 0 Å². The van der Waals surface area contributed by atoms with E-state index in [1.54, 1.807) is 12.1 Å². The summed E-state index contributed by atoms with van der Waals surface area (Å²) in [5, 5.41) is 8.63. The van der Waals surface area contributed by atoms with E-state index in [4.69, 9.17) is 14.6 Å². The summed E-state index contributed by atoms with van der Waals surface area (Å²) in [6.45, 7) is 7.06. The first-order valence-corrected chi connectivity index (χ1v) is 7.02. The van der Waals surface area contributed by atoms with Crippen molar-refractivity contribution in [3.8, 4) is 11.8 Å². The van der Waals surface area contributed by atoms with E-state index in [-0.39, 0.29) is 24.6 Å². The van der Waals surface area contributed by atoms with Crippen LogP contribution in [0.15, 0.2) is 18.2 Å². The fraction of sp³-hybridized carbons (Fsp3) is 0.529. The van der Waals surface area contributed by atoms with E-state index in [1.165, 1.54) is 6.07 Å². The Balaban J connectivity index is 2.41. The lowest BCUT2D eigenvalue weighted by Gasteiger charge is -2.19. The lowest BCUT2D eigenvalue weighted by atomic mass is 10.1. The molecule has 1 N–H and O–H groups in total. The van der Waals surface area contributed by atoms with Gasteiger partial charge in [0.05, 0.1) is 32.0 Å². The molecular formula is C17H23FO3. The Hall–Kier alpha value is -1.41. The molecule has 1 aromatic rings. The van der Waals surface area contributed by atoms with Crippen molar-refractivity contribution < 1.29 is 19.0 Å². The molecule has 0 saturated heterocycles.